The zero-order chi connectivity index (χ0) is 16.7. The van der Waals surface area contributed by atoms with Crippen LogP contribution in [0.3, 0.4) is 0 Å². The molecule has 128 valence electrons. The quantitative estimate of drug-likeness (QED) is 0.398. The molecule has 0 N–H and O–H groups in total. The standard InChI is InChI=1S/C20H23IO3/c1-2-3-10-21-12-8-9-15-16(11-12)24-20-17(15)18(22)13-6-4-5-7-14(13)19(20)23/h4-7,12,17,20-21H,2-3,8-11H2,1H3. The van der Waals surface area contributed by atoms with Gasteiger partial charge in [-0.3, -0.25) is 0 Å². The topological polar surface area (TPSA) is 43.4 Å². The maximum atomic E-state index is 12.9. The van der Waals surface area contributed by atoms with Crippen molar-refractivity contribution in [2.24, 2.45) is 5.92 Å². The second kappa shape index (κ2) is 6.62. The van der Waals surface area contributed by atoms with Gasteiger partial charge >= 0.3 is 153 Å². The molecule has 4 heteroatoms. The molecule has 0 radical (unpaired) electrons. The summed E-state index contributed by atoms with van der Waals surface area (Å²) in [7, 11) is 0. The van der Waals surface area contributed by atoms with Gasteiger partial charge in [-0.2, -0.15) is 0 Å². The number of Topliss-reactive ketones (excluding diaryl/α,β-unsaturated/α-hetero) is 2. The SMILES string of the molecule is CCCC[IH]C1CCC2=C(C1)OC1C(=O)c3ccccc3C(=O)C21. The van der Waals surface area contributed by atoms with Crippen LogP contribution in [0.25, 0.3) is 0 Å². The van der Waals surface area contributed by atoms with E-state index in [2.05, 4.69) is 6.92 Å². The first-order chi connectivity index (χ1) is 11.7. The van der Waals surface area contributed by atoms with Gasteiger partial charge < -0.3 is 0 Å². The number of benzene rings is 1. The van der Waals surface area contributed by atoms with Gasteiger partial charge in [0.1, 0.15) is 0 Å². The molecule has 3 unspecified atom stereocenters. The number of halogens is 1. The zero-order valence-corrected chi connectivity index (χ0v) is 16.2. The number of allylic oxidation sites excluding steroid dienone is 1. The molecule has 1 aromatic rings. The van der Waals surface area contributed by atoms with Gasteiger partial charge in [0.15, 0.2) is 0 Å². The van der Waals surface area contributed by atoms with E-state index in [1.54, 1.807) is 12.1 Å². The van der Waals surface area contributed by atoms with Crippen LogP contribution in [0, 0.1) is 5.92 Å². The Hall–Kier alpha value is -1.17. The summed E-state index contributed by atoms with van der Waals surface area (Å²) in [6, 6.07) is 7.20. The van der Waals surface area contributed by atoms with E-state index in [0.29, 0.717) is 11.1 Å². The number of unbranched alkanes of at least 4 members (excludes halogenated alkanes) is 1. The normalized spacial score (nSPS) is 28.5. The second-order valence-corrected chi connectivity index (χ2v) is 10.8. The predicted octanol–water partition coefficient (Wildman–Crippen LogP) is 4.39. The number of ether oxygens (including phenoxy) is 1. The Labute approximate surface area is 153 Å². The van der Waals surface area contributed by atoms with E-state index in [1.165, 1.54) is 23.7 Å². The summed E-state index contributed by atoms with van der Waals surface area (Å²) in [4.78, 5) is 25.7. The van der Waals surface area contributed by atoms with E-state index in [1.807, 2.05) is 12.1 Å². The van der Waals surface area contributed by atoms with Gasteiger partial charge in [-0.15, -0.1) is 0 Å². The number of rotatable bonds is 4. The fourth-order valence-corrected chi connectivity index (χ4v) is 7.85. The Kier molecular flexibility index (Phi) is 4.50. The molecule has 0 saturated carbocycles. The zero-order valence-electron chi connectivity index (χ0n) is 13.9. The van der Waals surface area contributed by atoms with Crippen molar-refractivity contribution in [3.63, 3.8) is 0 Å². The van der Waals surface area contributed by atoms with Crippen LogP contribution in [0.5, 0.6) is 0 Å². The maximum absolute atomic E-state index is 12.9. The van der Waals surface area contributed by atoms with E-state index in [-0.39, 0.29) is 38.7 Å². The van der Waals surface area contributed by atoms with E-state index in [9.17, 15) is 9.59 Å². The molecule has 2 aliphatic carbocycles. The van der Waals surface area contributed by atoms with Crippen molar-refractivity contribution in [2.45, 2.75) is 49.1 Å². The summed E-state index contributed by atoms with van der Waals surface area (Å²) in [6.07, 6.45) is 5.11. The van der Waals surface area contributed by atoms with Crippen LogP contribution < -0.4 is 0 Å². The molecule has 1 aliphatic heterocycles. The molecule has 0 fully saturated rings. The number of hydrogen-bond acceptors (Lipinski definition) is 3. The summed E-state index contributed by atoms with van der Waals surface area (Å²) in [5.74, 6) is 0.710. The minimum absolute atomic E-state index is 0.00852. The minimum atomic E-state index is -0.590. The summed E-state index contributed by atoms with van der Waals surface area (Å²) >= 11 is 0.00852. The molecule has 0 bridgehead atoms. The monoisotopic (exact) mass is 438 g/mol. The molecule has 0 aromatic heterocycles. The van der Waals surface area contributed by atoms with E-state index >= 15 is 0 Å². The Balaban J connectivity index is 1.57. The van der Waals surface area contributed by atoms with Gasteiger partial charge in [-0.1, -0.05) is 0 Å². The molecular formula is C20H23IO3. The van der Waals surface area contributed by atoms with Crippen LogP contribution in [0.2, 0.25) is 0 Å². The van der Waals surface area contributed by atoms with E-state index < -0.39 is 6.10 Å². The molecule has 0 saturated heterocycles. The van der Waals surface area contributed by atoms with Crippen molar-refractivity contribution in [2.75, 3.05) is 4.43 Å². The molecular weight excluding hydrogens is 415 g/mol. The first kappa shape index (κ1) is 16.3. The summed E-state index contributed by atoms with van der Waals surface area (Å²) in [5, 5.41) is 0. The average molecular weight is 438 g/mol. The summed E-state index contributed by atoms with van der Waals surface area (Å²) in [5.41, 5.74) is 2.25. The molecule has 3 nitrogen and oxygen atoms in total. The third kappa shape index (κ3) is 2.63. The predicted molar refractivity (Wildman–Crippen MR) is 103 cm³/mol. The molecule has 3 aliphatic rings. The first-order valence-electron chi connectivity index (χ1n) is 8.88. The van der Waals surface area contributed by atoms with Crippen LogP contribution in [-0.4, -0.2) is 26.0 Å². The third-order valence-electron chi connectivity index (χ3n) is 5.30. The number of carbonyl (C=O) groups excluding carboxylic acids is 2. The molecule has 3 atom stereocenters. The van der Waals surface area contributed by atoms with Crippen molar-refractivity contribution in [3.8, 4) is 0 Å². The van der Waals surface area contributed by atoms with E-state index in [0.717, 1.165) is 28.1 Å². The molecule has 0 amide bonds. The van der Waals surface area contributed by atoms with Crippen molar-refractivity contribution in [3.05, 3.63) is 46.7 Å². The average Bonchev–Trinajstić information content (AvgIpc) is 2.99. The first-order valence-corrected chi connectivity index (χ1v) is 11.9. The Morgan fingerprint density at radius 2 is 1.92 bits per heavy atom. The van der Waals surface area contributed by atoms with Crippen LogP contribution in [0.1, 0.15) is 59.7 Å². The van der Waals surface area contributed by atoms with Crippen molar-refractivity contribution in [1.82, 2.24) is 0 Å². The summed E-state index contributed by atoms with van der Waals surface area (Å²) in [6.45, 7) is 2.24. The number of alkyl halides is 2. The number of hydrogen-bond donors (Lipinski definition) is 0. The number of fused-ring (bicyclic) bond motifs is 3. The van der Waals surface area contributed by atoms with Gasteiger partial charge in [-0.25, -0.2) is 0 Å². The van der Waals surface area contributed by atoms with Gasteiger partial charge in [0, 0.05) is 0 Å². The van der Waals surface area contributed by atoms with Crippen molar-refractivity contribution in [1.29, 1.82) is 0 Å². The van der Waals surface area contributed by atoms with Crippen molar-refractivity contribution >= 4 is 32.8 Å². The Morgan fingerprint density at radius 1 is 1.17 bits per heavy atom. The van der Waals surface area contributed by atoms with E-state index in [4.69, 9.17) is 4.74 Å². The third-order valence-corrected chi connectivity index (χ3v) is 9.30. The molecule has 24 heavy (non-hydrogen) atoms. The van der Waals surface area contributed by atoms with Gasteiger partial charge in [0.05, 0.1) is 0 Å². The second-order valence-electron chi connectivity index (χ2n) is 6.83. The number of ketones is 2. The molecule has 0 spiro atoms. The molecule has 1 aromatic carbocycles. The van der Waals surface area contributed by atoms with Crippen LogP contribution in [0.4, 0.5) is 0 Å². The Bertz CT molecular complexity index is 721. The molecule has 1 heterocycles. The van der Waals surface area contributed by atoms with Gasteiger partial charge in [0.2, 0.25) is 0 Å². The fraction of sp³-hybridized carbons (Fsp3) is 0.500. The van der Waals surface area contributed by atoms with Gasteiger partial charge in [0.25, 0.3) is 0 Å². The van der Waals surface area contributed by atoms with Crippen LogP contribution >= 0.6 is 21.2 Å². The van der Waals surface area contributed by atoms with Crippen LogP contribution in [-0.2, 0) is 4.74 Å². The fourth-order valence-electron chi connectivity index (χ4n) is 4.02. The Morgan fingerprint density at radius 3 is 2.67 bits per heavy atom. The van der Waals surface area contributed by atoms with Crippen molar-refractivity contribution < 1.29 is 14.3 Å². The van der Waals surface area contributed by atoms with Crippen LogP contribution in [0.15, 0.2) is 35.6 Å². The number of carbonyl (C=O) groups is 2. The molecule has 4 rings (SSSR count). The van der Waals surface area contributed by atoms with Gasteiger partial charge in [-0.05, 0) is 0 Å². The summed E-state index contributed by atoms with van der Waals surface area (Å²) < 4.78 is 8.24.